The number of hydrazine groups is 1. The minimum atomic E-state index is 0.00889. The lowest BCUT2D eigenvalue weighted by atomic mass is 10.2. The van der Waals surface area contributed by atoms with Crippen molar-refractivity contribution in [1.29, 1.82) is 0 Å². The van der Waals surface area contributed by atoms with Crippen LogP contribution in [0.2, 0.25) is 0 Å². The van der Waals surface area contributed by atoms with Gasteiger partial charge in [-0.2, -0.15) is 0 Å². The number of likely N-dealkylation sites (N-methyl/N-ethyl adjacent to an activating group) is 1. The predicted molar refractivity (Wildman–Crippen MR) is 71.7 cm³/mol. The summed E-state index contributed by atoms with van der Waals surface area (Å²) in [6, 6.07) is 3.81. The molecule has 0 saturated heterocycles. The number of nitrogens with zero attached hydrogens (tertiary/aromatic N) is 2. The number of hydrogen-bond donors (Lipinski definition) is 3. The SMILES string of the molecule is CCCN(CC(=O)NC)Cc1cccnc1NN. The molecule has 0 saturated carbocycles. The van der Waals surface area contributed by atoms with E-state index in [2.05, 4.69) is 27.6 Å². The number of aromatic nitrogens is 1. The second-order valence-electron chi connectivity index (χ2n) is 4.04. The first-order valence-electron chi connectivity index (χ1n) is 6.04. The summed E-state index contributed by atoms with van der Waals surface area (Å²) in [4.78, 5) is 17.6. The third kappa shape index (κ3) is 4.31. The van der Waals surface area contributed by atoms with Gasteiger partial charge in [0.15, 0.2) is 0 Å². The molecule has 0 unspecified atom stereocenters. The summed E-state index contributed by atoms with van der Waals surface area (Å²) in [6.07, 6.45) is 2.67. The van der Waals surface area contributed by atoms with Gasteiger partial charge in [0.05, 0.1) is 6.54 Å². The molecular formula is C12H21N5O. The van der Waals surface area contributed by atoms with E-state index in [1.165, 1.54) is 0 Å². The number of nitrogens with one attached hydrogen (secondary N) is 2. The zero-order valence-corrected chi connectivity index (χ0v) is 10.9. The number of carbonyl (C=O) groups excluding carboxylic acids is 1. The van der Waals surface area contributed by atoms with E-state index >= 15 is 0 Å². The average Bonchev–Trinajstić information content (AvgIpc) is 2.39. The number of anilines is 1. The fourth-order valence-electron chi connectivity index (χ4n) is 1.75. The van der Waals surface area contributed by atoms with Crippen molar-refractivity contribution < 1.29 is 4.79 Å². The maximum absolute atomic E-state index is 11.4. The van der Waals surface area contributed by atoms with Gasteiger partial charge in [-0.05, 0) is 19.0 Å². The lowest BCUT2D eigenvalue weighted by molar-refractivity contribution is -0.121. The van der Waals surface area contributed by atoms with Crippen LogP contribution in [0.25, 0.3) is 0 Å². The Balaban J connectivity index is 2.72. The number of nitrogens with two attached hydrogens (primary N) is 1. The summed E-state index contributed by atoms with van der Waals surface area (Å²) in [5, 5.41) is 2.63. The smallest absolute Gasteiger partial charge is 0.233 e. The van der Waals surface area contributed by atoms with E-state index in [9.17, 15) is 4.79 Å². The van der Waals surface area contributed by atoms with Crippen molar-refractivity contribution in [2.45, 2.75) is 19.9 Å². The van der Waals surface area contributed by atoms with E-state index in [1.54, 1.807) is 13.2 Å². The lowest BCUT2D eigenvalue weighted by Gasteiger charge is -2.21. The van der Waals surface area contributed by atoms with Gasteiger partial charge in [0.25, 0.3) is 0 Å². The molecule has 100 valence electrons. The van der Waals surface area contributed by atoms with Gasteiger partial charge in [-0.15, -0.1) is 0 Å². The zero-order chi connectivity index (χ0) is 13.4. The summed E-state index contributed by atoms with van der Waals surface area (Å²) < 4.78 is 0. The molecule has 0 atom stereocenters. The highest BCUT2D eigenvalue weighted by atomic mass is 16.1. The molecule has 0 bridgehead atoms. The van der Waals surface area contributed by atoms with Crippen LogP contribution < -0.4 is 16.6 Å². The van der Waals surface area contributed by atoms with Gasteiger partial charge >= 0.3 is 0 Å². The van der Waals surface area contributed by atoms with Crippen molar-refractivity contribution in [3.05, 3.63) is 23.9 Å². The summed E-state index contributed by atoms with van der Waals surface area (Å²) >= 11 is 0. The van der Waals surface area contributed by atoms with Crippen molar-refractivity contribution in [3.8, 4) is 0 Å². The van der Waals surface area contributed by atoms with Gasteiger partial charge in [-0.3, -0.25) is 9.69 Å². The third-order valence-corrected chi connectivity index (χ3v) is 2.61. The molecule has 6 nitrogen and oxygen atoms in total. The van der Waals surface area contributed by atoms with E-state index in [-0.39, 0.29) is 5.91 Å². The van der Waals surface area contributed by atoms with E-state index < -0.39 is 0 Å². The molecular weight excluding hydrogens is 230 g/mol. The quantitative estimate of drug-likeness (QED) is 0.480. The molecule has 4 N–H and O–H groups in total. The largest absolute Gasteiger partial charge is 0.358 e. The predicted octanol–water partition coefficient (Wildman–Crippen LogP) is 0.325. The molecule has 0 spiro atoms. The minimum absolute atomic E-state index is 0.00889. The fourth-order valence-corrected chi connectivity index (χ4v) is 1.75. The van der Waals surface area contributed by atoms with E-state index in [0.29, 0.717) is 18.9 Å². The minimum Gasteiger partial charge on any atom is -0.358 e. The Hall–Kier alpha value is -1.66. The monoisotopic (exact) mass is 251 g/mol. The molecule has 0 aliphatic rings. The number of rotatable bonds is 7. The van der Waals surface area contributed by atoms with E-state index in [4.69, 9.17) is 5.84 Å². The van der Waals surface area contributed by atoms with Gasteiger partial charge in [0.1, 0.15) is 5.82 Å². The van der Waals surface area contributed by atoms with Crippen molar-refractivity contribution in [2.24, 2.45) is 5.84 Å². The second-order valence-corrected chi connectivity index (χ2v) is 4.04. The van der Waals surface area contributed by atoms with E-state index in [1.807, 2.05) is 12.1 Å². The Morgan fingerprint density at radius 3 is 2.94 bits per heavy atom. The highest BCUT2D eigenvalue weighted by Gasteiger charge is 2.11. The molecule has 1 aromatic rings. The van der Waals surface area contributed by atoms with Crippen LogP contribution in [0.3, 0.4) is 0 Å². The van der Waals surface area contributed by atoms with Crippen LogP contribution in [-0.4, -0.2) is 35.9 Å². The maximum atomic E-state index is 11.4. The molecule has 1 heterocycles. The highest BCUT2D eigenvalue weighted by molar-refractivity contribution is 5.77. The molecule has 18 heavy (non-hydrogen) atoms. The van der Waals surface area contributed by atoms with Gasteiger partial charge in [0, 0.05) is 25.4 Å². The van der Waals surface area contributed by atoms with Gasteiger partial charge in [-0.1, -0.05) is 13.0 Å². The van der Waals surface area contributed by atoms with Crippen molar-refractivity contribution >= 4 is 11.7 Å². The number of amides is 1. The Morgan fingerprint density at radius 2 is 2.33 bits per heavy atom. The average molecular weight is 251 g/mol. The van der Waals surface area contributed by atoms with Crippen LogP contribution in [0.1, 0.15) is 18.9 Å². The van der Waals surface area contributed by atoms with E-state index in [0.717, 1.165) is 18.5 Å². The van der Waals surface area contributed by atoms with Gasteiger partial charge < -0.3 is 10.7 Å². The molecule has 1 rings (SSSR count). The topological polar surface area (TPSA) is 83.3 Å². The van der Waals surface area contributed by atoms with Crippen molar-refractivity contribution in [2.75, 3.05) is 25.6 Å². The normalized spacial score (nSPS) is 10.4. The van der Waals surface area contributed by atoms with Crippen molar-refractivity contribution in [3.63, 3.8) is 0 Å². The molecule has 0 fully saturated rings. The molecule has 0 aliphatic carbocycles. The van der Waals surface area contributed by atoms with Crippen molar-refractivity contribution in [1.82, 2.24) is 15.2 Å². The van der Waals surface area contributed by atoms with Crippen LogP contribution in [-0.2, 0) is 11.3 Å². The summed E-state index contributed by atoms with van der Waals surface area (Å²) in [6.45, 7) is 3.96. The summed E-state index contributed by atoms with van der Waals surface area (Å²) in [5.41, 5.74) is 3.56. The number of pyridine rings is 1. The lowest BCUT2D eigenvalue weighted by Crippen LogP contribution is -2.36. The number of hydrogen-bond acceptors (Lipinski definition) is 5. The molecule has 6 heteroatoms. The first-order chi connectivity index (χ1) is 8.71. The fraction of sp³-hybridized carbons (Fsp3) is 0.500. The number of carbonyl (C=O) groups is 1. The third-order valence-electron chi connectivity index (χ3n) is 2.61. The molecule has 1 aromatic heterocycles. The highest BCUT2D eigenvalue weighted by Crippen LogP contribution is 2.13. The Kier molecular flexibility index (Phi) is 6.10. The summed E-state index contributed by atoms with van der Waals surface area (Å²) in [7, 11) is 1.64. The number of nitrogen functional groups attached to an aromatic ring is 1. The standard InChI is InChI=1S/C12H21N5O/c1-3-7-17(9-11(18)14-2)8-10-5-4-6-15-12(10)16-13/h4-6H,3,7-9,13H2,1-2H3,(H,14,18)(H,15,16). The van der Waals surface area contributed by atoms with Gasteiger partial charge in [-0.25, -0.2) is 10.8 Å². The molecule has 0 aromatic carbocycles. The van der Waals surface area contributed by atoms with Gasteiger partial charge in [0.2, 0.25) is 5.91 Å². The Morgan fingerprint density at radius 1 is 1.56 bits per heavy atom. The molecule has 0 radical (unpaired) electrons. The van der Waals surface area contributed by atoms with Crippen LogP contribution in [0.4, 0.5) is 5.82 Å². The summed E-state index contributed by atoms with van der Waals surface area (Å²) in [5.74, 6) is 6.07. The van der Waals surface area contributed by atoms with Crippen LogP contribution >= 0.6 is 0 Å². The molecule has 1 amide bonds. The first kappa shape index (κ1) is 14.4. The van der Waals surface area contributed by atoms with Crippen LogP contribution in [0.5, 0.6) is 0 Å². The van der Waals surface area contributed by atoms with Crippen LogP contribution in [0.15, 0.2) is 18.3 Å². The first-order valence-corrected chi connectivity index (χ1v) is 6.04. The Bertz CT molecular complexity index is 382. The molecule has 0 aliphatic heterocycles. The van der Waals surface area contributed by atoms with Crippen LogP contribution in [0, 0.1) is 0 Å². The zero-order valence-electron chi connectivity index (χ0n) is 10.9. The Labute approximate surface area is 108 Å². The maximum Gasteiger partial charge on any atom is 0.233 e. The second kappa shape index (κ2) is 7.62.